The van der Waals surface area contributed by atoms with Crippen LogP contribution in [0.2, 0.25) is 0 Å². The minimum atomic E-state index is -0.998. The number of rotatable bonds is 6. The van der Waals surface area contributed by atoms with E-state index < -0.39 is 28.0 Å². The second kappa shape index (κ2) is 8.16. The third-order valence-corrected chi connectivity index (χ3v) is 10.1. The fraction of sp³-hybridized carbons (Fsp3) is 0.552. The summed E-state index contributed by atoms with van der Waals surface area (Å²) in [7, 11) is 0. The second-order valence-electron chi connectivity index (χ2n) is 12.0. The number of aliphatic hydroxyl groups is 1. The maximum absolute atomic E-state index is 13.4. The summed E-state index contributed by atoms with van der Waals surface area (Å²) in [4.78, 5) is 26.5. The molecule has 2 aliphatic heterocycles. The van der Waals surface area contributed by atoms with E-state index in [4.69, 9.17) is 4.74 Å². The lowest BCUT2D eigenvalue weighted by Crippen LogP contribution is -2.78. The molecule has 0 aromatic heterocycles. The monoisotopic (exact) mass is 519 g/mol. The summed E-state index contributed by atoms with van der Waals surface area (Å²) in [6.07, 6.45) is 4.59. The number of nitro groups is 1. The van der Waals surface area contributed by atoms with Gasteiger partial charge in [-0.3, -0.25) is 19.8 Å². The third-order valence-electron chi connectivity index (χ3n) is 10.1. The smallest absolute Gasteiger partial charge is 0.269 e. The average molecular weight is 520 g/mol. The van der Waals surface area contributed by atoms with E-state index in [1.807, 2.05) is 6.07 Å². The van der Waals surface area contributed by atoms with Crippen molar-refractivity contribution in [2.75, 3.05) is 13.1 Å². The molecule has 3 aliphatic carbocycles. The largest absolute Gasteiger partial charge is 0.504 e. The number of benzene rings is 2. The molecule has 2 saturated carbocycles. The molecule has 1 amide bonds. The molecule has 1 spiro atoms. The molecule has 2 bridgehead atoms. The van der Waals surface area contributed by atoms with Crippen LogP contribution in [0, 0.1) is 16.0 Å². The van der Waals surface area contributed by atoms with Gasteiger partial charge in [0.1, 0.15) is 6.10 Å². The third kappa shape index (κ3) is 3.21. The van der Waals surface area contributed by atoms with Crippen LogP contribution in [0.15, 0.2) is 36.4 Å². The molecular formula is C29H33N3O6. The van der Waals surface area contributed by atoms with Crippen LogP contribution < -0.4 is 10.1 Å². The Balaban J connectivity index is 1.21. The molecule has 9 nitrogen and oxygen atoms in total. The molecule has 3 N–H and O–H groups in total. The van der Waals surface area contributed by atoms with Crippen molar-refractivity contribution in [1.82, 2.24) is 10.2 Å². The van der Waals surface area contributed by atoms with Crippen LogP contribution in [0.3, 0.4) is 0 Å². The van der Waals surface area contributed by atoms with Gasteiger partial charge in [-0.05, 0) is 75.1 Å². The maximum atomic E-state index is 13.4. The van der Waals surface area contributed by atoms with Crippen molar-refractivity contribution in [3.05, 3.63) is 63.2 Å². The highest BCUT2D eigenvalue weighted by Gasteiger charge is 2.73. The lowest BCUT2D eigenvalue weighted by Gasteiger charge is -2.64. The highest BCUT2D eigenvalue weighted by atomic mass is 16.6. The minimum Gasteiger partial charge on any atom is -0.504 e. The summed E-state index contributed by atoms with van der Waals surface area (Å²) in [6, 6.07) is 9.39. The van der Waals surface area contributed by atoms with E-state index in [0.717, 1.165) is 36.6 Å². The first-order valence-corrected chi connectivity index (χ1v) is 13.8. The van der Waals surface area contributed by atoms with Gasteiger partial charge >= 0.3 is 0 Å². The minimum absolute atomic E-state index is 0.0124. The van der Waals surface area contributed by atoms with Crippen LogP contribution >= 0.6 is 0 Å². The molecule has 3 fully saturated rings. The highest BCUT2D eigenvalue weighted by molar-refractivity contribution is 5.83. The molecule has 0 radical (unpaired) electrons. The Hall–Kier alpha value is -3.17. The topological polar surface area (TPSA) is 125 Å². The maximum Gasteiger partial charge on any atom is 0.269 e. The van der Waals surface area contributed by atoms with E-state index in [2.05, 4.69) is 10.2 Å². The predicted molar refractivity (Wildman–Crippen MR) is 138 cm³/mol. The van der Waals surface area contributed by atoms with Crippen molar-refractivity contribution < 1.29 is 24.7 Å². The summed E-state index contributed by atoms with van der Waals surface area (Å²) < 4.78 is 6.53. The van der Waals surface area contributed by atoms with Gasteiger partial charge in [0, 0.05) is 30.3 Å². The Bertz CT molecular complexity index is 1330. The summed E-state index contributed by atoms with van der Waals surface area (Å²) in [5, 5.41) is 37.6. The quantitative estimate of drug-likeness (QED) is 0.395. The fourth-order valence-electron chi connectivity index (χ4n) is 7.97. The SMILES string of the molecule is CC(C(=O)NC1CC[C@@]2(O)[C@H]3Cc4ccc(O)c5c4[C@@]2(CCN3CC2CC2)C1O5)c1ccc([N+](=O)[O-])cc1. The van der Waals surface area contributed by atoms with Gasteiger partial charge in [-0.2, -0.15) is 0 Å². The number of carbonyl (C=O) groups excluding carboxylic acids is 1. The number of nitro benzene ring substituents is 1. The highest BCUT2D eigenvalue weighted by Crippen LogP contribution is 2.65. The Morgan fingerprint density at radius 1 is 1.21 bits per heavy atom. The Morgan fingerprint density at radius 3 is 2.68 bits per heavy atom. The number of carbonyl (C=O) groups is 1. The average Bonchev–Trinajstić information content (AvgIpc) is 3.65. The van der Waals surface area contributed by atoms with Crippen LogP contribution in [0.1, 0.15) is 61.6 Å². The molecule has 200 valence electrons. The zero-order valence-electron chi connectivity index (χ0n) is 21.4. The van der Waals surface area contributed by atoms with Gasteiger partial charge in [0.15, 0.2) is 11.5 Å². The summed E-state index contributed by atoms with van der Waals surface area (Å²) >= 11 is 0. The lowest BCUT2D eigenvalue weighted by atomic mass is 9.48. The van der Waals surface area contributed by atoms with Gasteiger partial charge in [0.2, 0.25) is 5.91 Å². The Morgan fingerprint density at radius 2 is 1.97 bits per heavy atom. The lowest BCUT2D eigenvalue weighted by molar-refractivity contribution is -0.384. The van der Waals surface area contributed by atoms with Crippen molar-refractivity contribution in [3.63, 3.8) is 0 Å². The first-order valence-electron chi connectivity index (χ1n) is 13.8. The molecule has 9 heteroatoms. The number of ether oxygens (including phenoxy) is 1. The molecule has 5 aliphatic rings. The molecule has 38 heavy (non-hydrogen) atoms. The number of piperidine rings is 1. The Labute approximate surface area is 220 Å². The zero-order valence-corrected chi connectivity index (χ0v) is 21.4. The first-order chi connectivity index (χ1) is 18.2. The van der Waals surface area contributed by atoms with Crippen molar-refractivity contribution >= 4 is 11.6 Å². The van der Waals surface area contributed by atoms with Gasteiger partial charge in [-0.25, -0.2) is 0 Å². The number of nitrogens with zero attached hydrogens (tertiary/aromatic N) is 2. The summed E-state index contributed by atoms with van der Waals surface area (Å²) in [6.45, 7) is 3.66. The van der Waals surface area contributed by atoms with Gasteiger partial charge in [0.25, 0.3) is 5.69 Å². The van der Waals surface area contributed by atoms with E-state index in [-0.39, 0.29) is 29.4 Å². The molecule has 7 rings (SSSR count). The summed E-state index contributed by atoms with van der Waals surface area (Å²) in [5.41, 5.74) is 1.06. The van der Waals surface area contributed by atoms with Gasteiger partial charge in [0.05, 0.1) is 27.9 Å². The van der Waals surface area contributed by atoms with Crippen molar-refractivity contribution in [1.29, 1.82) is 0 Å². The number of non-ortho nitro benzene ring substituents is 1. The fourth-order valence-corrected chi connectivity index (χ4v) is 7.97. The molecule has 2 heterocycles. The van der Waals surface area contributed by atoms with Gasteiger partial charge in [-0.15, -0.1) is 0 Å². The van der Waals surface area contributed by atoms with Crippen LogP contribution in [0.5, 0.6) is 11.5 Å². The van der Waals surface area contributed by atoms with Gasteiger partial charge < -0.3 is 20.3 Å². The number of phenols is 1. The van der Waals surface area contributed by atoms with Crippen LogP contribution in [-0.4, -0.2) is 62.8 Å². The molecule has 2 aromatic rings. The Kier molecular flexibility index (Phi) is 5.14. The van der Waals surface area contributed by atoms with Crippen LogP contribution in [0.4, 0.5) is 5.69 Å². The van der Waals surface area contributed by atoms with E-state index in [0.29, 0.717) is 30.6 Å². The molecule has 2 aromatic carbocycles. The van der Waals surface area contributed by atoms with E-state index in [1.54, 1.807) is 25.1 Å². The molecule has 3 unspecified atom stereocenters. The zero-order chi connectivity index (χ0) is 26.4. The van der Waals surface area contributed by atoms with E-state index in [1.165, 1.54) is 25.0 Å². The van der Waals surface area contributed by atoms with E-state index >= 15 is 0 Å². The van der Waals surface area contributed by atoms with Crippen molar-refractivity contribution in [3.8, 4) is 11.5 Å². The number of hydrogen-bond donors (Lipinski definition) is 3. The van der Waals surface area contributed by atoms with E-state index in [9.17, 15) is 25.1 Å². The number of hydrogen-bond acceptors (Lipinski definition) is 7. The first kappa shape index (κ1) is 23.9. The number of likely N-dealkylation sites (tertiary alicyclic amines) is 1. The van der Waals surface area contributed by atoms with Crippen LogP contribution in [0.25, 0.3) is 0 Å². The second-order valence-corrected chi connectivity index (χ2v) is 12.0. The van der Waals surface area contributed by atoms with Crippen LogP contribution in [-0.2, 0) is 16.6 Å². The molecule has 1 saturated heterocycles. The standard InChI is InChI=1S/C29H33N3O6/c1-16(18-4-7-20(8-5-18)32(36)37)27(34)30-21-10-11-29(35)23-14-19-6-9-22(33)25-24(19)28(29,26(21)38-25)12-13-31(23)15-17-2-3-17/h4-9,16-17,21,23,26,33,35H,2-3,10-15H2,1H3,(H,30,34)/t16?,21?,23-,26?,28+,29-/m1/s1. The van der Waals surface area contributed by atoms with Crippen molar-refractivity contribution in [2.45, 2.75) is 80.6 Å². The number of aromatic hydroxyl groups is 1. The normalized spacial score (nSPS) is 33.7. The number of amides is 1. The predicted octanol–water partition coefficient (Wildman–Crippen LogP) is 3.15. The number of phenolic OH excluding ortho intramolecular Hbond substituents is 1. The van der Waals surface area contributed by atoms with Crippen molar-refractivity contribution in [2.24, 2.45) is 5.92 Å². The summed E-state index contributed by atoms with van der Waals surface area (Å²) in [5.74, 6) is 0.564. The molecular weight excluding hydrogens is 486 g/mol. The van der Waals surface area contributed by atoms with Gasteiger partial charge in [-0.1, -0.05) is 18.2 Å². The molecule has 6 atom stereocenters. The number of nitrogens with one attached hydrogen (secondary N) is 1.